The Morgan fingerprint density at radius 3 is 2.74 bits per heavy atom. The topological polar surface area (TPSA) is 25.2 Å². The Balaban J connectivity index is 2.98. The van der Waals surface area contributed by atoms with Crippen LogP contribution in [0.15, 0.2) is 47.6 Å². The summed E-state index contributed by atoms with van der Waals surface area (Å²) in [7, 11) is 1.76. The highest BCUT2D eigenvalue weighted by atomic mass is 14.7. The zero-order valence-corrected chi connectivity index (χ0v) is 12.3. The van der Waals surface area contributed by atoms with Crippen LogP contribution >= 0.6 is 0 Å². The van der Waals surface area contributed by atoms with E-state index >= 15 is 0 Å². The van der Waals surface area contributed by atoms with E-state index in [4.69, 9.17) is 0 Å². The van der Waals surface area contributed by atoms with Gasteiger partial charge < -0.3 is 0 Å². The highest BCUT2D eigenvalue weighted by Crippen LogP contribution is 2.17. The lowest BCUT2D eigenvalue weighted by Gasteiger charge is -2.05. The average Bonchev–Trinajstić information content (AvgIpc) is 2.42. The number of aliphatic imine (C=N–C) groups is 1. The molecule has 100 valence electrons. The maximum absolute atomic E-state index is 4.39. The molecular formula is C17H22N2. The Kier molecular flexibility index (Phi) is 5.94. The molecule has 1 aromatic rings. The highest BCUT2D eigenvalue weighted by molar-refractivity contribution is 5.83. The predicted octanol–water partition coefficient (Wildman–Crippen LogP) is 4.36. The van der Waals surface area contributed by atoms with Gasteiger partial charge >= 0.3 is 0 Å². The second-order valence-corrected chi connectivity index (χ2v) is 4.36. The van der Waals surface area contributed by atoms with Crippen LogP contribution in [0.2, 0.25) is 0 Å². The fourth-order valence-corrected chi connectivity index (χ4v) is 1.72. The molecule has 1 rings (SSSR count). The molecule has 1 heterocycles. The molecule has 2 nitrogen and oxygen atoms in total. The molecular weight excluding hydrogens is 232 g/mol. The van der Waals surface area contributed by atoms with E-state index in [1.807, 2.05) is 25.4 Å². The first-order valence-corrected chi connectivity index (χ1v) is 6.53. The van der Waals surface area contributed by atoms with Crippen LogP contribution in [0.1, 0.15) is 37.1 Å². The molecule has 2 heteroatoms. The van der Waals surface area contributed by atoms with Gasteiger partial charge in [0.2, 0.25) is 0 Å². The lowest BCUT2D eigenvalue weighted by Crippen LogP contribution is -1.94. The molecule has 0 amide bonds. The number of allylic oxidation sites excluding steroid dienone is 5. The Labute approximate surface area is 116 Å². The van der Waals surface area contributed by atoms with Gasteiger partial charge in [-0.15, -0.1) is 0 Å². The largest absolute Gasteiger partial charge is 0.296 e. The third-order valence-corrected chi connectivity index (χ3v) is 3.04. The summed E-state index contributed by atoms with van der Waals surface area (Å²) < 4.78 is 0. The summed E-state index contributed by atoms with van der Waals surface area (Å²) in [4.78, 5) is 8.43. The molecule has 1 aromatic heterocycles. The quantitative estimate of drug-likeness (QED) is 0.566. The average molecular weight is 254 g/mol. The zero-order valence-electron chi connectivity index (χ0n) is 12.3. The summed E-state index contributed by atoms with van der Waals surface area (Å²) in [5.74, 6) is 0. The predicted molar refractivity (Wildman–Crippen MR) is 84.7 cm³/mol. The van der Waals surface area contributed by atoms with E-state index in [1.165, 1.54) is 5.57 Å². The second-order valence-electron chi connectivity index (χ2n) is 4.36. The van der Waals surface area contributed by atoms with Crippen molar-refractivity contribution in [3.63, 3.8) is 0 Å². The number of aromatic nitrogens is 1. The third-order valence-electron chi connectivity index (χ3n) is 3.04. The van der Waals surface area contributed by atoms with E-state index in [0.29, 0.717) is 0 Å². The minimum Gasteiger partial charge on any atom is -0.296 e. The Morgan fingerprint density at radius 2 is 2.16 bits per heavy atom. The summed E-state index contributed by atoms with van der Waals surface area (Å²) >= 11 is 0. The molecule has 0 aliphatic carbocycles. The minimum absolute atomic E-state index is 0.964. The Bertz CT molecular complexity index is 534. The van der Waals surface area contributed by atoms with Gasteiger partial charge in [-0.25, -0.2) is 0 Å². The standard InChI is InChI=1S/C17H22N2/c1-6-15(7-2)9-8-13(3)16-10-17(11-18-5)14(4)19-12-16/h6,8-12H,3,7H2,1-2,4-5H3/b9-8-,15-6-,18-11?. The normalized spacial score (nSPS) is 12.5. The van der Waals surface area contributed by atoms with E-state index in [0.717, 1.165) is 28.8 Å². The molecule has 0 saturated carbocycles. The fraction of sp³-hybridized carbons (Fsp3) is 0.294. The van der Waals surface area contributed by atoms with Crippen LogP contribution in [0.3, 0.4) is 0 Å². The number of hydrogen-bond acceptors (Lipinski definition) is 2. The zero-order chi connectivity index (χ0) is 14.3. The lowest BCUT2D eigenvalue weighted by atomic mass is 10.0. The minimum atomic E-state index is 0.964. The smallest absolute Gasteiger partial charge is 0.0460 e. The summed E-state index contributed by atoms with van der Waals surface area (Å²) in [6, 6.07) is 2.07. The molecule has 0 atom stereocenters. The van der Waals surface area contributed by atoms with Crippen molar-refractivity contribution in [2.45, 2.75) is 27.2 Å². The molecule has 0 fully saturated rings. The second kappa shape index (κ2) is 7.47. The highest BCUT2D eigenvalue weighted by Gasteiger charge is 2.01. The monoisotopic (exact) mass is 254 g/mol. The van der Waals surface area contributed by atoms with Crippen LogP contribution in [0.5, 0.6) is 0 Å². The first-order valence-electron chi connectivity index (χ1n) is 6.53. The number of pyridine rings is 1. The van der Waals surface area contributed by atoms with E-state index in [1.54, 1.807) is 7.05 Å². The first-order chi connectivity index (χ1) is 9.12. The van der Waals surface area contributed by atoms with Crippen LogP contribution in [0.4, 0.5) is 0 Å². The summed E-state index contributed by atoms with van der Waals surface area (Å²) in [6.45, 7) is 10.3. The van der Waals surface area contributed by atoms with Crippen LogP contribution in [0.25, 0.3) is 5.57 Å². The van der Waals surface area contributed by atoms with Gasteiger partial charge in [-0.1, -0.05) is 37.3 Å². The van der Waals surface area contributed by atoms with Gasteiger partial charge in [0.05, 0.1) is 0 Å². The van der Waals surface area contributed by atoms with E-state index in [2.05, 4.69) is 48.6 Å². The SMILES string of the molecule is C=C(/C=C\C(=C/C)CC)c1cnc(C)c(C=NC)c1. The van der Waals surface area contributed by atoms with Crippen LogP contribution in [-0.2, 0) is 0 Å². The maximum atomic E-state index is 4.39. The van der Waals surface area contributed by atoms with E-state index in [-0.39, 0.29) is 0 Å². The summed E-state index contributed by atoms with van der Waals surface area (Å²) in [5, 5.41) is 0. The van der Waals surface area contributed by atoms with Crippen molar-refractivity contribution in [3.05, 3.63) is 59.5 Å². The Morgan fingerprint density at radius 1 is 1.42 bits per heavy atom. The van der Waals surface area contributed by atoms with Crippen molar-refractivity contribution in [1.29, 1.82) is 0 Å². The molecule has 0 saturated heterocycles. The fourth-order valence-electron chi connectivity index (χ4n) is 1.72. The molecule has 19 heavy (non-hydrogen) atoms. The van der Waals surface area contributed by atoms with E-state index in [9.17, 15) is 0 Å². The first kappa shape index (κ1) is 15.1. The van der Waals surface area contributed by atoms with Gasteiger partial charge in [0.15, 0.2) is 0 Å². The van der Waals surface area contributed by atoms with Gasteiger partial charge in [0.1, 0.15) is 0 Å². The molecule has 0 N–H and O–H groups in total. The number of hydrogen-bond donors (Lipinski definition) is 0. The van der Waals surface area contributed by atoms with Gasteiger partial charge in [0.25, 0.3) is 0 Å². The van der Waals surface area contributed by atoms with Gasteiger partial charge in [0, 0.05) is 36.3 Å². The molecule has 0 spiro atoms. The maximum Gasteiger partial charge on any atom is 0.0460 e. The molecule has 0 unspecified atom stereocenters. The van der Waals surface area contributed by atoms with Crippen LogP contribution in [-0.4, -0.2) is 18.2 Å². The van der Waals surface area contributed by atoms with Crippen molar-refractivity contribution < 1.29 is 0 Å². The van der Waals surface area contributed by atoms with Crippen molar-refractivity contribution in [3.8, 4) is 0 Å². The van der Waals surface area contributed by atoms with Crippen molar-refractivity contribution in [1.82, 2.24) is 4.98 Å². The van der Waals surface area contributed by atoms with Crippen molar-refractivity contribution in [2.75, 3.05) is 7.05 Å². The molecule has 0 aromatic carbocycles. The van der Waals surface area contributed by atoms with Gasteiger partial charge in [-0.05, 0) is 31.9 Å². The third kappa shape index (κ3) is 4.32. The molecule has 0 aliphatic rings. The number of nitrogens with zero attached hydrogens (tertiary/aromatic N) is 2. The van der Waals surface area contributed by atoms with E-state index < -0.39 is 0 Å². The molecule has 0 radical (unpaired) electrons. The van der Waals surface area contributed by atoms with Gasteiger partial charge in [-0.3, -0.25) is 9.98 Å². The van der Waals surface area contributed by atoms with Crippen molar-refractivity contribution in [2.24, 2.45) is 4.99 Å². The van der Waals surface area contributed by atoms with Crippen molar-refractivity contribution >= 4 is 11.8 Å². The number of rotatable bonds is 5. The van der Waals surface area contributed by atoms with Crippen LogP contribution in [0, 0.1) is 6.92 Å². The summed E-state index contributed by atoms with van der Waals surface area (Å²) in [5.41, 5.74) is 5.32. The number of aryl methyl sites for hydroxylation is 1. The van der Waals surface area contributed by atoms with Crippen LogP contribution < -0.4 is 0 Å². The molecule has 0 aliphatic heterocycles. The lowest BCUT2D eigenvalue weighted by molar-refractivity contribution is 1.14. The molecule has 0 bridgehead atoms. The van der Waals surface area contributed by atoms with Gasteiger partial charge in [-0.2, -0.15) is 0 Å². The Hall–Kier alpha value is -1.96. The summed E-state index contributed by atoms with van der Waals surface area (Å²) in [6.07, 6.45) is 11.0.